The maximum Gasteiger partial charge on any atom is 0.250 e. The molecule has 150 valence electrons. The van der Waals surface area contributed by atoms with E-state index in [1.54, 1.807) is 30.3 Å². The quantitative estimate of drug-likeness (QED) is 0.412. The molecule has 0 aliphatic rings. The lowest BCUT2D eigenvalue weighted by atomic mass is 10.1. The minimum absolute atomic E-state index is 0.0881. The molecular formula is C24H21N3O2S. The number of hydrogen-bond acceptors (Lipinski definition) is 3. The Hall–Kier alpha value is -3.77. The van der Waals surface area contributed by atoms with Gasteiger partial charge in [0.15, 0.2) is 5.11 Å². The Balaban J connectivity index is 1.46. The molecule has 0 aromatic heterocycles. The van der Waals surface area contributed by atoms with Gasteiger partial charge < -0.3 is 10.6 Å². The molecule has 5 nitrogen and oxygen atoms in total. The molecule has 3 rings (SSSR count). The molecule has 0 heterocycles. The molecule has 0 aliphatic carbocycles. The van der Waals surface area contributed by atoms with Crippen molar-refractivity contribution in [2.24, 2.45) is 0 Å². The van der Waals surface area contributed by atoms with Crippen LogP contribution in [0, 0.1) is 0 Å². The monoisotopic (exact) mass is 415 g/mol. The minimum atomic E-state index is -0.318. The average molecular weight is 416 g/mol. The van der Waals surface area contributed by atoms with E-state index in [2.05, 4.69) is 16.0 Å². The van der Waals surface area contributed by atoms with Crippen molar-refractivity contribution in [2.75, 3.05) is 10.6 Å². The summed E-state index contributed by atoms with van der Waals surface area (Å²) in [6, 6.07) is 26.2. The lowest BCUT2D eigenvalue weighted by Gasteiger charge is -2.10. The number of hydrogen-bond donors (Lipinski definition) is 3. The number of carbonyl (C=O) groups excluding carboxylic acids is 2. The van der Waals surface area contributed by atoms with Crippen molar-refractivity contribution in [3.63, 3.8) is 0 Å². The molecule has 0 saturated heterocycles. The van der Waals surface area contributed by atoms with Crippen LogP contribution in [0.5, 0.6) is 0 Å². The van der Waals surface area contributed by atoms with E-state index in [-0.39, 0.29) is 16.9 Å². The van der Waals surface area contributed by atoms with Crippen molar-refractivity contribution in [3.8, 4) is 0 Å². The van der Waals surface area contributed by atoms with E-state index in [1.807, 2.05) is 60.7 Å². The van der Waals surface area contributed by atoms with Crippen LogP contribution in [-0.4, -0.2) is 16.9 Å². The van der Waals surface area contributed by atoms with Crippen LogP contribution in [0.4, 0.5) is 11.4 Å². The lowest BCUT2D eigenvalue weighted by Crippen LogP contribution is -2.32. The first-order valence-electron chi connectivity index (χ1n) is 9.37. The van der Waals surface area contributed by atoms with Gasteiger partial charge in [-0.15, -0.1) is 0 Å². The fourth-order valence-electron chi connectivity index (χ4n) is 2.68. The second-order valence-electron chi connectivity index (χ2n) is 6.48. The highest BCUT2D eigenvalue weighted by Crippen LogP contribution is 2.14. The summed E-state index contributed by atoms with van der Waals surface area (Å²) in [6.45, 7) is 0. The molecule has 0 bridgehead atoms. The number of nitrogens with one attached hydrogen (secondary N) is 3. The fraction of sp³-hybridized carbons (Fsp3) is 0.0417. The van der Waals surface area contributed by atoms with Crippen molar-refractivity contribution < 1.29 is 9.59 Å². The van der Waals surface area contributed by atoms with E-state index in [1.165, 1.54) is 6.08 Å². The highest BCUT2D eigenvalue weighted by molar-refractivity contribution is 7.80. The summed E-state index contributed by atoms with van der Waals surface area (Å²) >= 11 is 5.17. The van der Waals surface area contributed by atoms with Crippen LogP contribution in [0.2, 0.25) is 0 Å². The standard InChI is InChI=1S/C24H21N3O2S/c28-22(16-11-18-7-3-1-4-8-18)27-24(30)26-21-14-12-20(13-15-21)25-23(29)17-19-9-5-2-6-10-19/h1-16H,17H2,(H,25,29)(H2,26,27,28,30)/b16-11+. The molecule has 0 aliphatic heterocycles. The summed E-state index contributed by atoms with van der Waals surface area (Å²) in [5.74, 6) is -0.406. The third-order valence-electron chi connectivity index (χ3n) is 4.10. The van der Waals surface area contributed by atoms with Gasteiger partial charge in [0.05, 0.1) is 6.42 Å². The molecule has 0 unspecified atom stereocenters. The summed E-state index contributed by atoms with van der Waals surface area (Å²) in [5.41, 5.74) is 3.27. The van der Waals surface area contributed by atoms with E-state index < -0.39 is 0 Å². The molecule has 6 heteroatoms. The van der Waals surface area contributed by atoms with Crippen molar-refractivity contribution >= 4 is 46.6 Å². The average Bonchev–Trinajstić information content (AvgIpc) is 2.75. The summed E-state index contributed by atoms with van der Waals surface area (Å²) < 4.78 is 0. The molecular weight excluding hydrogens is 394 g/mol. The Bertz CT molecular complexity index is 1030. The zero-order valence-electron chi connectivity index (χ0n) is 16.2. The summed E-state index contributed by atoms with van der Waals surface area (Å²) in [7, 11) is 0. The lowest BCUT2D eigenvalue weighted by molar-refractivity contribution is -0.116. The van der Waals surface area contributed by atoms with Crippen LogP contribution < -0.4 is 16.0 Å². The summed E-state index contributed by atoms with van der Waals surface area (Å²) in [4.78, 5) is 24.1. The molecule has 0 fully saturated rings. The van der Waals surface area contributed by atoms with Crippen molar-refractivity contribution in [1.82, 2.24) is 5.32 Å². The number of thiocarbonyl (C=S) groups is 1. The molecule has 3 aromatic carbocycles. The van der Waals surface area contributed by atoms with Crippen LogP contribution in [-0.2, 0) is 16.0 Å². The highest BCUT2D eigenvalue weighted by atomic mass is 32.1. The number of amides is 2. The number of anilines is 2. The van der Waals surface area contributed by atoms with Crippen molar-refractivity contribution in [1.29, 1.82) is 0 Å². The molecule has 0 spiro atoms. The van der Waals surface area contributed by atoms with Gasteiger partial charge in [0, 0.05) is 17.5 Å². The number of rotatable bonds is 6. The van der Waals surface area contributed by atoms with E-state index in [0.29, 0.717) is 17.8 Å². The van der Waals surface area contributed by atoms with Gasteiger partial charge in [0.1, 0.15) is 0 Å². The first kappa shape index (κ1) is 21.0. The zero-order valence-corrected chi connectivity index (χ0v) is 17.0. The van der Waals surface area contributed by atoms with Crippen LogP contribution in [0.3, 0.4) is 0 Å². The Kier molecular flexibility index (Phi) is 7.46. The van der Waals surface area contributed by atoms with E-state index in [4.69, 9.17) is 12.2 Å². The van der Waals surface area contributed by atoms with Gasteiger partial charge >= 0.3 is 0 Å². The van der Waals surface area contributed by atoms with Gasteiger partial charge in [-0.1, -0.05) is 60.7 Å². The first-order valence-corrected chi connectivity index (χ1v) is 9.78. The largest absolute Gasteiger partial charge is 0.332 e. The molecule has 3 N–H and O–H groups in total. The predicted octanol–water partition coefficient (Wildman–Crippen LogP) is 4.39. The van der Waals surface area contributed by atoms with E-state index in [0.717, 1.165) is 11.1 Å². The highest BCUT2D eigenvalue weighted by Gasteiger charge is 2.05. The molecule has 2 amide bonds. The second kappa shape index (κ2) is 10.7. The van der Waals surface area contributed by atoms with E-state index in [9.17, 15) is 9.59 Å². The van der Waals surface area contributed by atoms with Gasteiger partial charge in [-0.05, 0) is 53.7 Å². The van der Waals surface area contributed by atoms with E-state index >= 15 is 0 Å². The van der Waals surface area contributed by atoms with Gasteiger partial charge in [0.2, 0.25) is 11.8 Å². The SMILES string of the molecule is O=C(/C=C/c1ccccc1)NC(=S)Nc1ccc(NC(=O)Cc2ccccc2)cc1. The van der Waals surface area contributed by atoms with Gasteiger partial charge in [-0.25, -0.2) is 0 Å². The van der Waals surface area contributed by atoms with Crippen LogP contribution in [0.25, 0.3) is 6.08 Å². The first-order chi connectivity index (χ1) is 14.6. The molecule has 30 heavy (non-hydrogen) atoms. The van der Waals surface area contributed by atoms with Gasteiger partial charge in [-0.2, -0.15) is 0 Å². The molecule has 0 saturated carbocycles. The Morgan fingerprint density at radius 2 is 1.33 bits per heavy atom. The number of benzene rings is 3. The van der Waals surface area contributed by atoms with Crippen LogP contribution >= 0.6 is 12.2 Å². The Labute approximate surface area is 180 Å². The zero-order chi connectivity index (χ0) is 21.2. The maximum atomic E-state index is 12.1. The molecule has 3 aromatic rings. The minimum Gasteiger partial charge on any atom is -0.332 e. The predicted molar refractivity (Wildman–Crippen MR) is 125 cm³/mol. The Morgan fingerprint density at radius 3 is 1.97 bits per heavy atom. The topological polar surface area (TPSA) is 70.2 Å². The number of carbonyl (C=O) groups is 2. The summed E-state index contributed by atoms with van der Waals surface area (Å²) in [5, 5.41) is 8.59. The molecule has 0 atom stereocenters. The van der Waals surface area contributed by atoms with Crippen LogP contribution in [0.15, 0.2) is 91.0 Å². The Morgan fingerprint density at radius 1 is 0.767 bits per heavy atom. The maximum absolute atomic E-state index is 12.1. The second-order valence-corrected chi connectivity index (χ2v) is 6.88. The van der Waals surface area contributed by atoms with Crippen LogP contribution in [0.1, 0.15) is 11.1 Å². The van der Waals surface area contributed by atoms with Gasteiger partial charge in [0.25, 0.3) is 0 Å². The van der Waals surface area contributed by atoms with Crippen molar-refractivity contribution in [2.45, 2.75) is 6.42 Å². The third kappa shape index (κ3) is 7.00. The normalized spacial score (nSPS) is 10.4. The smallest absolute Gasteiger partial charge is 0.250 e. The fourth-order valence-corrected chi connectivity index (χ4v) is 2.89. The van der Waals surface area contributed by atoms with Gasteiger partial charge in [-0.3, -0.25) is 14.9 Å². The summed E-state index contributed by atoms with van der Waals surface area (Å²) in [6.07, 6.45) is 3.45. The molecule has 0 radical (unpaired) electrons. The van der Waals surface area contributed by atoms with Crippen molar-refractivity contribution in [3.05, 3.63) is 102 Å². The third-order valence-corrected chi connectivity index (χ3v) is 4.30.